The molecule has 0 heterocycles. The molecule has 2 atom stereocenters. The van der Waals surface area contributed by atoms with Crippen LogP contribution in [-0.4, -0.2) is 74.2 Å². The number of esters is 2. The smallest absolute Gasteiger partial charge is 0.307 e. The Labute approximate surface area is 211 Å². The summed E-state index contributed by atoms with van der Waals surface area (Å²) < 4.78 is 11.1. The molecule has 6 heteroatoms. The van der Waals surface area contributed by atoms with Crippen LogP contribution in [0.1, 0.15) is 100 Å². The van der Waals surface area contributed by atoms with Gasteiger partial charge in [0.2, 0.25) is 0 Å². The van der Waals surface area contributed by atoms with E-state index in [4.69, 9.17) is 9.47 Å². The maximum Gasteiger partial charge on any atom is 0.307 e. The Morgan fingerprint density at radius 3 is 1.94 bits per heavy atom. The van der Waals surface area contributed by atoms with Gasteiger partial charge in [-0.2, -0.15) is 0 Å². The van der Waals surface area contributed by atoms with Gasteiger partial charge in [0.25, 0.3) is 0 Å². The van der Waals surface area contributed by atoms with Crippen LogP contribution < -0.4 is 0 Å². The summed E-state index contributed by atoms with van der Waals surface area (Å²) in [5, 5.41) is 0. The van der Waals surface area contributed by atoms with Gasteiger partial charge >= 0.3 is 11.9 Å². The number of rotatable bonds is 17. The summed E-state index contributed by atoms with van der Waals surface area (Å²) in [7, 11) is 4.18. The lowest BCUT2D eigenvalue weighted by atomic mass is 9.91. The van der Waals surface area contributed by atoms with Crippen LogP contribution in [-0.2, 0) is 19.1 Å². The molecule has 0 radical (unpaired) electrons. The zero-order valence-electron chi connectivity index (χ0n) is 24.2. The normalized spacial score (nSPS) is 14.4. The lowest BCUT2D eigenvalue weighted by molar-refractivity contribution is -0.147. The fraction of sp³-hybridized carbons (Fsp3) is 0.929. The van der Waals surface area contributed by atoms with Gasteiger partial charge in [0, 0.05) is 18.5 Å². The number of nitrogens with zero attached hydrogens (tertiary/aromatic N) is 2. The molecule has 0 bridgehead atoms. The SMILES string of the molecule is CCC(CCC(C)COC(=O)CCC(C)(C)C)COC(=O)CCN(CCCN(C)C)C(C)(C)C. The van der Waals surface area contributed by atoms with Crippen LogP contribution in [0.5, 0.6) is 0 Å². The minimum atomic E-state index is -0.110. The van der Waals surface area contributed by atoms with Gasteiger partial charge in [-0.1, -0.05) is 41.0 Å². The van der Waals surface area contributed by atoms with Crippen LogP contribution >= 0.6 is 0 Å². The third-order valence-electron chi connectivity index (χ3n) is 6.30. The van der Waals surface area contributed by atoms with Crippen molar-refractivity contribution in [1.29, 1.82) is 0 Å². The summed E-state index contributed by atoms with van der Waals surface area (Å²) >= 11 is 0. The quantitative estimate of drug-likeness (QED) is 0.244. The zero-order valence-corrected chi connectivity index (χ0v) is 24.2. The third-order valence-corrected chi connectivity index (χ3v) is 6.30. The summed E-state index contributed by atoms with van der Waals surface area (Å²) in [6, 6.07) is 0. The highest BCUT2D eigenvalue weighted by Crippen LogP contribution is 2.21. The number of hydrogen-bond donors (Lipinski definition) is 0. The molecule has 0 fully saturated rings. The molecule has 0 saturated carbocycles. The highest BCUT2D eigenvalue weighted by Gasteiger charge is 2.22. The van der Waals surface area contributed by atoms with E-state index in [0.29, 0.717) is 37.9 Å². The minimum absolute atomic E-state index is 0.0326. The third kappa shape index (κ3) is 18.2. The van der Waals surface area contributed by atoms with Crippen molar-refractivity contribution in [2.24, 2.45) is 17.3 Å². The Kier molecular flexibility index (Phi) is 16.0. The van der Waals surface area contributed by atoms with E-state index in [1.807, 2.05) is 0 Å². The minimum Gasteiger partial charge on any atom is -0.465 e. The molecule has 2 unspecified atom stereocenters. The van der Waals surface area contributed by atoms with Gasteiger partial charge in [-0.3, -0.25) is 14.5 Å². The van der Waals surface area contributed by atoms with Gasteiger partial charge < -0.3 is 14.4 Å². The van der Waals surface area contributed by atoms with Gasteiger partial charge in [0.15, 0.2) is 0 Å². The molecule has 6 nitrogen and oxygen atoms in total. The fourth-order valence-corrected chi connectivity index (χ4v) is 3.66. The second-order valence-electron chi connectivity index (χ2n) is 12.4. The van der Waals surface area contributed by atoms with E-state index >= 15 is 0 Å². The first kappa shape index (κ1) is 32.9. The van der Waals surface area contributed by atoms with E-state index < -0.39 is 0 Å². The van der Waals surface area contributed by atoms with Crippen molar-refractivity contribution in [2.45, 2.75) is 106 Å². The molecule has 0 aromatic rings. The van der Waals surface area contributed by atoms with E-state index in [-0.39, 0.29) is 22.9 Å². The predicted octanol–water partition coefficient (Wildman–Crippen LogP) is 5.78. The number of hydrogen-bond acceptors (Lipinski definition) is 6. The van der Waals surface area contributed by atoms with Crippen LogP contribution in [0.25, 0.3) is 0 Å². The molecule has 0 aliphatic carbocycles. The molecule has 34 heavy (non-hydrogen) atoms. The lowest BCUT2D eigenvalue weighted by Crippen LogP contribution is -2.43. The average molecular weight is 485 g/mol. The van der Waals surface area contributed by atoms with Crippen molar-refractivity contribution in [3.63, 3.8) is 0 Å². The molecule has 0 aromatic carbocycles. The van der Waals surface area contributed by atoms with Crippen molar-refractivity contribution in [3.8, 4) is 0 Å². The first-order chi connectivity index (χ1) is 15.6. The molecular formula is C28H56N2O4. The molecular weight excluding hydrogens is 428 g/mol. The number of carbonyl (C=O) groups is 2. The Balaban J connectivity index is 4.26. The van der Waals surface area contributed by atoms with Crippen LogP contribution in [0.4, 0.5) is 0 Å². The number of carbonyl (C=O) groups excluding carboxylic acids is 2. The lowest BCUT2D eigenvalue weighted by Gasteiger charge is -2.35. The monoisotopic (exact) mass is 484 g/mol. The van der Waals surface area contributed by atoms with Gasteiger partial charge in [0.1, 0.15) is 0 Å². The molecule has 0 aliphatic heterocycles. The topological polar surface area (TPSA) is 59.1 Å². The highest BCUT2D eigenvalue weighted by atomic mass is 16.5. The maximum atomic E-state index is 12.4. The molecule has 0 spiro atoms. The van der Waals surface area contributed by atoms with Gasteiger partial charge in [-0.25, -0.2) is 0 Å². The van der Waals surface area contributed by atoms with E-state index in [1.54, 1.807) is 0 Å². The first-order valence-corrected chi connectivity index (χ1v) is 13.3. The van der Waals surface area contributed by atoms with Crippen molar-refractivity contribution < 1.29 is 19.1 Å². The Hall–Kier alpha value is -1.14. The van der Waals surface area contributed by atoms with E-state index in [2.05, 4.69) is 79.3 Å². The molecule has 0 N–H and O–H groups in total. The van der Waals surface area contributed by atoms with Crippen LogP contribution in [0.2, 0.25) is 0 Å². The van der Waals surface area contributed by atoms with Crippen LogP contribution in [0, 0.1) is 17.3 Å². The fourth-order valence-electron chi connectivity index (χ4n) is 3.66. The predicted molar refractivity (Wildman–Crippen MR) is 142 cm³/mol. The van der Waals surface area contributed by atoms with Crippen molar-refractivity contribution in [2.75, 3.05) is 46.9 Å². The number of ether oxygens (including phenoxy) is 2. The zero-order chi connectivity index (χ0) is 26.4. The van der Waals surface area contributed by atoms with E-state index in [1.165, 1.54) is 0 Å². The highest BCUT2D eigenvalue weighted by molar-refractivity contribution is 5.69. The largest absolute Gasteiger partial charge is 0.465 e. The van der Waals surface area contributed by atoms with Gasteiger partial charge in [-0.15, -0.1) is 0 Å². The average Bonchev–Trinajstić information content (AvgIpc) is 2.71. The second-order valence-corrected chi connectivity index (χ2v) is 12.4. The molecule has 0 saturated heterocycles. The van der Waals surface area contributed by atoms with Crippen LogP contribution in [0.3, 0.4) is 0 Å². The van der Waals surface area contributed by atoms with Crippen molar-refractivity contribution in [1.82, 2.24) is 9.80 Å². The Morgan fingerprint density at radius 2 is 1.41 bits per heavy atom. The summed E-state index contributed by atoms with van der Waals surface area (Å²) in [5.41, 5.74) is 0.179. The summed E-state index contributed by atoms with van der Waals surface area (Å²) in [6.45, 7) is 20.9. The first-order valence-electron chi connectivity index (χ1n) is 13.3. The molecule has 202 valence electrons. The van der Waals surface area contributed by atoms with Gasteiger partial charge in [-0.05, 0) is 90.9 Å². The van der Waals surface area contributed by atoms with E-state index in [9.17, 15) is 9.59 Å². The molecule has 0 amide bonds. The van der Waals surface area contributed by atoms with Gasteiger partial charge in [0.05, 0.1) is 19.6 Å². The van der Waals surface area contributed by atoms with Crippen molar-refractivity contribution in [3.05, 3.63) is 0 Å². The maximum absolute atomic E-state index is 12.4. The standard InChI is InChI=1S/C28H56N2O4/c1-11-24(14-13-23(2)21-33-25(31)15-17-27(3,4)5)22-34-26(32)16-20-30(28(6,7)8)19-12-18-29(9)10/h23-24H,11-22H2,1-10H3. The molecule has 0 aromatic heterocycles. The second kappa shape index (κ2) is 16.5. The Bertz CT molecular complexity index is 564. The van der Waals surface area contributed by atoms with Crippen molar-refractivity contribution >= 4 is 11.9 Å². The Morgan fingerprint density at radius 1 is 0.824 bits per heavy atom. The van der Waals surface area contributed by atoms with E-state index in [0.717, 1.165) is 51.7 Å². The van der Waals surface area contributed by atoms with Crippen LogP contribution in [0.15, 0.2) is 0 Å². The summed E-state index contributed by atoms with van der Waals surface area (Å²) in [6.07, 6.45) is 5.75. The summed E-state index contributed by atoms with van der Waals surface area (Å²) in [4.78, 5) is 28.9. The molecule has 0 aliphatic rings. The summed E-state index contributed by atoms with van der Waals surface area (Å²) in [5.74, 6) is 0.447. The molecule has 0 rings (SSSR count).